The summed E-state index contributed by atoms with van der Waals surface area (Å²) in [5, 5.41) is 3.27. The molecule has 2 fully saturated rings. The maximum atomic E-state index is 13.0. The number of hydrogen-bond acceptors (Lipinski definition) is 4. The van der Waals surface area contributed by atoms with Gasteiger partial charge in [0.25, 0.3) is 11.8 Å². The number of para-hydroxylation sites is 1. The van der Waals surface area contributed by atoms with Crippen LogP contribution in [-0.4, -0.2) is 47.1 Å². The fourth-order valence-electron chi connectivity index (χ4n) is 4.09. The molecule has 2 heterocycles. The number of nitrogens with zero attached hydrogens (tertiary/aromatic N) is 2. The lowest BCUT2D eigenvalue weighted by atomic mass is 10.0. The van der Waals surface area contributed by atoms with Gasteiger partial charge in [0.15, 0.2) is 0 Å². The van der Waals surface area contributed by atoms with Crippen molar-refractivity contribution in [3.63, 3.8) is 0 Å². The second-order valence-electron chi connectivity index (χ2n) is 7.22. The standard InChI is InChI=1S/C21H23N3O4/c1-28-11-10-23-13-14(16-8-4-5-9-18(16)23)12-17-19(25)22-21(27)24(20(17)26)15-6-2-3-7-15/h4-5,8-9,12-13,15H,2-3,6-7,10-11H2,1H3,(H,22,25,27)/b17-12-. The van der Waals surface area contributed by atoms with Crippen LogP contribution in [0.3, 0.4) is 0 Å². The zero-order valence-corrected chi connectivity index (χ0v) is 15.8. The molecule has 1 saturated carbocycles. The molecule has 2 aromatic rings. The number of amides is 4. The molecule has 4 rings (SSSR count). The lowest BCUT2D eigenvalue weighted by molar-refractivity contribution is -0.131. The fourth-order valence-corrected chi connectivity index (χ4v) is 4.09. The van der Waals surface area contributed by atoms with Crippen molar-refractivity contribution in [1.29, 1.82) is 0 Å². The molecule has 1 N–H and O–H groups in total. The molecule has 0 unspecified atom stereocenters. The average Bonchev–Trinajstić information content (AvgIpc) is 3.32. The molecule has 0 bridgehead atoms. The van der Waals surface area contributed by atoms with Crippen LogP contribution < -0.4 is 5.32 Å². The van der Waals surface area contributed by atoms with E-state index < -0.39 is 17.8 Å². The van der Waals surface area contributed by atoms with Gasteiger partial charge in [0, 0.05) is 42.4 Å². The van der Waals surface area contributed by atoms with Crippen molar-refractivity contribution in [3.8, 4) is 0 Å². The Kier molecular flexibility index (Phi) is 5.00. The van der Waals surface area contributed by atoms with Crippen molar-refractivity contribution < 1.29 is 19.1 Å². The van der Waals surface area contributed by atoms with E-state index >= 15 is 0 Å². The van der Waals surface area contributed by atoms with E-state index in [9.17, 15) is 14.4 Å². The van der Waals surface area contributed by atoms with Gasteiger partial charge in [-0.3, -0.25) is 19.8 Å². The molecular weight excluding hydrogens is 358 g/mol. The number of carbonyl (C=O) groups is 3. The first-order chi connectivity index (χ1) is 13.6. The summed E-state index contributed by atoms with van der Waals surface area (Å²) in [7, 11) is 1.65. The molecular formula is C21H23N3O4. The van der Waals surface area contributed by atoms with Crippen LogP contribution in [0.2, 0.25) is 0 Å². The number of methoxy groups -OCH3 is 1. The van der Waals surface area contributed by atoms with E-state index in [-0.39, 0.29) is 11.6 Å². The lowest BCUT2D eigenvalue weighted by Gasteiger charge is -2.31. The summed E-state index contributed by atoms with van der Waals surface area (Å²) in [5.74, 6) is -1.15. The summed E-state index contributed by atoms with van der Waals surface area (Å²) < 4.78 is 7.21. The molecule has 0 spiro atoms. The maximum absolute atomic E-state index is 13.0. The predicted octanol–water partition coefficient (Wildman–Crippen LogP) is 2.69. The van der Waals surface area contributed by atoms with Gasteiger partial charge in [-0.15, -0.1) is 0 Å². The summed E-state index contributed by atoms with van der Waals surface area (Å²) in [6.07, 6.45) is 7.06. The predicted molar refractivity (Wildman–Crippen MR) is 104 cm³/mol. The van der Waals surface area contributed by atoms with Gasteiger partial charge in [-0.2, -0.15) is 0 Å². The minimum absolute atomic E-state index is 0.00106. The third-order valence-corrected chi connectivity index (χ3v) is 5.48. The number of benzene rings is 1. The van der Waals surface area contributed by atoms with Gasteiger partial charge in [-0.1, -0.05) is 31.0 Å². The molecule has 146 valence electrons. The molecule has 1 aliphatic heterocycles. The molecule has 28 heavy (non-hydrogen) atoms. The second kappa shape index (κ2) is 7.59. The van der Waals surface area contributed by atoms with E-state index in [0.29, 0.717) is 13.2 Å². The SMILES string of the molecule is COCCn1cc(/C=C2/C(=O)NC(=O)N(C3CCCC3)C2=O)c2ccccc21. The Hall–Kier alpha value is -2.93. The summed E-state index contributed by atoms with van der Waals surface area (Å²) in [5.41, 5.74) is 1.77. The Morgan fingerprint density at radius 3 is 2.68 bits per heavy atom. The number of imide groups is 2. The molecule has 0 atom stereocenters. The number of rotatable bonds is 5. The van der Waals surface area contributed by atoms with Crippen molar-refractivity contribution in [2.24, 2.45) is 0 Å². The van der Waals surface area contributed by atoms with E-state index in [4.69, 9.17) is 4.74 Å². The highest BCUT2D eigenvalue weighted by molar-refractivity contribution is 6.31. The quantitative estimate of drug-likeness (QED) is 0.638. The Morgan fingerprint density at radius 2 is 1.93 bits per heavy atom. The third kappa shape index (κ3) is 3.22. The zero-order chi connectivity index (χ0) is 19.7. The number of carbonyl (C=O) groups excluding carboxylic acids is 3. The molecule has 0 radical (unpaired) electrons. The molecule has 1 aliphatic carbocycles. The normalized spacial score (nSPS) is 19.8. The van der Waals surface area contributed by atoms with Crippen LogP contribution in [0.5, 0.6) is 0 Å². The molecule has 1 aromatic heterocycles. The van der Waals surface area contributed by atoms with Crippen molar-refractivity contribution in [2.45, 2.75) is 38.3 Å². The average molecular weight is 381 g/mol. The van der Waals surface area contributed by atoms with E-state index in [1.54, 1.807) is 13.2 Å². The van der Waals surface area contributed by atoms with Crippen molar-refractivity contribution in [1.82, 2.24) is 14.8 Å². The fraction of sp³-hybridized carbons (Fsp3) is 0.381. The van der Waals surface area contributed by atoms with Crippen molar-refractivity contribution in [3.05, 3.63) is 41.6 Å². The van der Waals surface area contributed by atoms with Crippen LogP contribution in [0.25, 0.3) is 17.0 Å². The molecule has 7 nitrogen and oxygen atoms in total. The molecule has 4 amide bonds. The monoisotopic (exact) mass is 381 g/mol. The number of urea groups is 1. The summed E-state index contributed by atoms with van der Waals surface area (Å²) in [6.45, 7) is 1.21. The number of aromatic nitrogens is 1. The first kappa shape index (κ1) is 18.4. The number of hydrogen-bond donors (Lipinski definition) is 1. The van der Waals surface area contributed by atoms with Crippen LogP contribution in [0.4, 0.5) is 4.79 Å². The highest BCUT2D eigenvalue weighted by Gasteiger charge is 2.40. The number of ether oxygens (including phenoxy) is 1. The van der Waals surface area contributed by atoms with Crippen LogP contribution in [0, 0.1) is 0 Å². The summed E-state index contributed by atoms with van der Waals surface area (Å²) in [4.78, 5) is 38.9. The molecule has 1 saturated heterocycles. The topological polar surface area (TPSA) is 80.6 Å². The van der Waals surface area contributed by atoms with Gasteiger partial charge >= 0.3 is 6.03 Å². The van der Waals surface area contributed by atoms with E-state index in [1.807, 2.05) is 35.0 Å². The Labute approximate surface area is 162 Å². The lowest BCUT2D eigenvalue weighted by Crippen LogP contribution is -2.57. The first-order valence-electron chi connectivity index (χ1n) is 9.57. The van der Waals surface area contributed by atoms with Gasteiger partial charge in [-0.05, 0) is 25.0 Å². The Morgan fingerprint density at radius 1 is 1.18 bits per heavy atom. The first-order valence-corrected chi connectivity index (χ1v) is 9.57. The highest BCUT2D eigenvalue weighted by atomic mass is 16.5. The minimum atomic E-state index is -0.641. The zero-order valence-electron chi connectivity index (χ0n) is 15.8. The van der Waals surface area contributed by atoms with Gasteiger partial charge < -0.3 is 9.30 Å². The van der Waals surface area contributed by atoms with E-state index in [2.05, 4.69) is 5.32 Å². The van der Waals surface area contributed by atoms with Crippen molar-refractivity contribution in [2.75, 3.05) is 13.7 Å². The second-order valence-corrected chi connectivity index (χ2v) is 7.22. The third-order valence-electron chi connectivity index (χ3n) is 5.48. The molecule has 7 heteroatoms. The summed E-state index contributed by atoms with van der Waals surface area (Å²) >= 11 is 0. The van der Waals surface area contributed by atoms with Gasteiger partial charge in [0.05, 0.1) is 6.61 Å². The Bertz CT molecular complexity index is 969. The van der Waals surface area contributed by atoms with Gasteiger partial charge in [0.1, 0.15) is 5.57 Å². The number of nitrogens with one attached hydrogen (secondary N) is 1. The summed E-state index contributed by atoms with van der Waals surface area (Å²) in [6, 6.07) is 7.07. The van der Waals surface area contributed by atoms with Crippen LogP contribution in [0.1, 0.15) is 31.2 Å². The van der Waals surface area contributed by atoms with Crippen LogP contribution in [-0.2, 0) is 20.9 Å². The van der Waals surface area contributed by atoms with E-state index in [1.165, 1.54) is 4.90 Å². The number of fused-ring (bicyclic) bond motifs is 1. The van der Waals surface area contributed by atoms with Gasteiger partial charge in [0.2, 0.25) is 0 Å². The largest absolute Gasteiger partial charge is 0.383 e. The smallest absolute Gasteiger partial charge is 0.331 e. The minimum Gasteiger partial charge on any atom is -0.383 e. The highest BCUT2D eigenvalue weighted by Crippen LogP contribution is 2.29. The van der Waals surface area contributed by atoms with Crippen LogP contribution in [0.15, 0.2) is 36.0 Å². The molecule has 1 aromatic carbocycles. The van der Waals surface area contributed by atoms with Gasteiger partial charge in [-0.25, -0.2) is 4.79 Å². The Balaban J connectivity index is 1.73. The maximum Gasteiger partial charge on any atom is 0.331 e. The molecule has 2 aliphatic rings. The van der Waals surface area contributed by atoms with Crippen molar-refractivity contribution >= 4 is 34.8 Å². The van der Waals surface area contributed by atoms with E-state index in [0.717, 1.165) is 42.1 Å². The number of barbiturate groups is 1. The van der Waals surface area contributed by atoms with Crippen LogP contribution >= 0.6 is 0 Å².